The summed E-state index contributed by atoms with van der Waals surface area (Å²) in [5, 5.41) is 9.79. The summed E-state index contributed by atoms with van der Waals surface area (Å²) >= 11 is 13.9. The number of halogens is 2. The highest BCUT2D eigenvalue weighted by atomic mass is 35.5. The quantitative estimate of drug-likeness (QED) is 0.214. The number of benzene rings is 1. The summed E-state index contributed by atoms with van der Waals surface area (Å²) < 4.78 is 7.38. The standard InChI is InChI=1S/C38H41Cl2N9O5/c1-21(50)48-15-12-23(19-48)38(53)49-16-13-30-29(20-49)44-35(47(30)2)36(52)45-28-6-4-5-26(32(28)39)34-33(40)25(11-14-42-34)27-9-7-22(37(46-27)54-3)17-41-18-24-8-10-31(51)43-24/h4-7,9,11,14,23-24,41H,8,10,12-13,15-20H2,1-3H3,(H,43,51)(H,45,52)/t23-,24-/m0/s1. The van der Waals surface area contributed by atoms with Crippen molar-refractivity contribution in [3.05, 3.63) is 75.4 Å². The summed E-state index contributed by atoms with van der Waals surface area (Å²) in [6, 6.07) is 10.9. The van der Waals surface area contributed by atoms with Crippen LogP contribution >= 0.6 is 23.2 Å². The number of hydrogen-bond donors (Lipinski definition) is 3. The fraction of sp³-hybridized carbons (Fsp3) is 0.395. The third kappa shape index (κ3) is 7.50. The number of carbonyl (C=O) groups is 4. The molecule has 14 nitrogen and oxygen atoms in total. The van der Waals surface area contributed by atoms with Crippen LogP contribution in [0.25, 0.3) is 22.5 Å². The van der Waals surface area contributed by atoms with Crippen molar-refractivity contribution >= 4 is 52.5 Å². The minimum absolute atomic E-state index is 0.00780. The zero-order chi connectivity index (χ0) is 38.1. The van der Waals surface area contributed by atoms with Gasteiger partial charge in [0.1, 0.15) is 0 Å². The highest BCUT2D eigenvalue weighted by Gasteiger charge is 2.35. The van der Waals surface area contributed by atoms with E-state index in [1.165, 1.54) is 6.92 Å². The van der Waals surface area contributed by atoms with E-state index in [2.05, 4.69) is 25.9 Å². The summed E-state index contributed by atoms with van der Waals surface area (Å²) in [5.41, 5.74) is 4.88. The van der Waals surface area contributed by atoms with E-state index < -0.39 is 5.91 Å². The molecule has 7 rings (SSSR count). The van der Waals surface area contributed by atoms with Crippen molar-refractivity contribution in [3.63, 3.8) is 0 Å². The fourth-order valence-corrected chi connectivity index (χ4v) is 7.96. The number of nitrogens with one attached hydrogen (secondary N) is 3. The van der Waals surface area contributed by atoms with Crippen LogP contribution in [0.1, 0.15) is 53.8 Å². The summed E-state index contributed by atoms with van der Waals surface area (Å²) in [6.07, 6.45) is 4.18. The third-order valence-corrected chi connectivity index (χ3v) is 11.1. The van der Waals surface area contributed by atoms with Gasteiger partial charge in [0.2, 0.25) is 23.6 Å². The SMILES string of the molecule is COc1nc(-c2ccnc(-c3cccc(NC(=O)c4nc5c(n4C)CCN(C(=O)[C@H]4CCN(C(C)=O)C4)C5)c3Cl)c2Cl)ccc1CNC[C@@H]1CCC(=O)N1. The van der Waals surface area contributed by atoms with E-state index in [0.717, 1.165) is 17.7 Å². The first-order chi connectivity index (χ1) is 26.0. The van der Waals surface area contributed by atoms with Crippen LogP contribution < -0.4 is 20.7 Å². The number of anilines is 1. The van der Waals surface area contributed by atoms with Gasteiger partial charge in [0.15, 0.2) is 5.82 Å². The number of likely N-dealkylation sites (tertiary alicyclic amines) is 1. The molecule has 4 amide bonds. The van der Waals surface area contributed by atoms with Gasteiger partial charge in [-0.25, -0.2) is 9.97 Å². The van der Waals surface area contributed by atoms with Crippen molar-refractivity contribution < 1.29 is 23.9 Å². The second-order valence-corrected chi connectivity index (χ2v) is 14.5. The topological polar surface area (TPSA) is 164 Å². The van der Waals surface area contributed by atoms with Crippen LogP contribution in [-0.2, 0) is 40.9 Å². The minimum atomic E-state index is -0.455. The third-order valence-electron chi connectivity index (χ3n) is 10.3. The van der Waals surface area contributed by atoms with Crippen LogP contribution in [0.4, 0.5) is 5.69 Å². The van der Waals surface area contributed by atoms with E-state index in [9.17, 15) is 19.2 Å². The van der Waals surface area contributed by atoms with Gasteiger partial charge in [0, 0.05) is 94.2 Å². The Bertz CT molecular complexity index is 2140. The van der Waals surface area contributed by atoms with Crippen molar-refractivity contribution in [1.29, 1.82) is 0 Å². The Balaban J connectivity index is 1.05. The van der Waals surface area contributed by atoms with Gasteiger partial charge in [-0.05, 0) is 31.0 Å². The smallest absolute Gasteiger partial charge is 0.291 e. The molecular formula is C38H41Cl2N9O5. The Hall–Kier alpha value is -5.05. The van der Waals surface area contributed by atoms with E-state index in [4.69, 9.17) is 32.9 Å². The molecule has 4 aromatic rings. The average molecular weight is 775 g/mol. The molecule has 3 aliphatic rings. The maximum absolute atomic E-state index is 13.7. The molecule has 2 atom stereocenters. The lowest BCUT2D eigenvalue weighted by molar-refractivity contribution is -0.136. The molecular weight excluding hydrogens is 733 g/mol. The Kier molecular flexibility index (Phi) is 10.9. The van der Waals surface area contributed by atoms with E-state index in [1.54, 1.807) is 59.0 Å². The van der Waals surface area contributed by atoms with Crippen LogP contribution in [0.3, 0.4) is 0 Å². The lowest BCUT2D eigenvalue weighted by atomic mass is 10.0. The highest BCUT2D eigenvalue weighted by molar-refractivity contribution is 6.39. The summed E-state index contributed by atoms with van der Waals surface area (Å²) in [7, 11) is 3.35. The molecule has 2 saturated heterocycles. The van der Waals surface area contributed by atoms with Crippen molar-refractivity contribution in [2.24, 2.45) is 13.0 Å². The number of ether oxygens (including phenoxy) is 1. The molecule has 0 bridgehead atoms. The van der Waals surface area contributed by atoms with Gasteiger partial charge < -0.3 is 35.1 Å². The van der Waals surface area contributed by atoms with Crippen LogP contribution in [-0.4, -0.2) is 92.3 Å². The molecule has 282 valence electrons. The van der Waals surface area contributed by atoms with E-state index in [1.807, 2.05) is 12.1 Å². The number of aromatic nitrogens is 4. The largest absolute Gasteiger partial charge is 0.481 e. The summed E-state index contributed by atoms with van der Waals surface area (Å²) in [5.74, 6) is 0.0127. The van der Waals surface area contributed by atoms with Gasteiger partial charge in [-0.15, -0.1) is 0 Å². The molecule has 3 N–H and O–H groups in total. The van der Waals surface area contributed by atoms with Crippen molar-refractivity contribution in [2.75, 3.05) is 38.6 Å². The first-order valence-electron chi connectivity index (χ1n) is 17.9. The van der Waals surface area contributed by atoms with Crippen LogP contribution in [0.15, 0.2) is 42.6 Å². The fourth-order valence-electron chi connectivity index (χ4n) is 7.39. The Labute approximate surface area is 322 Å². The predicted octanol–water partition coefficient (Wildman–Crippen LogP) is 4.23. The number of amides is 4. The monoisotopic (exact) mass is 773 g/mol. The number of carbonyl (C=O) groups excluding carboxylic acids is 4. The molecule has 3 aromatic heterocycles. The highest BCUT2D eigenvalue weighted by Crippen LogP contribution is 2.40. The molecule has 0 unspecified atom stereocenters. The van der Waals surface area contributed by atoms with Gasteiger partial charge in [0.25, 0.3) is 5.91 Å². The molecule has 0 saturated carbocycles. The van der Waals surface area contributed by atoms with Gasteiger partial charge >= 0.3 is 0 Å². The molecule has 54 heavy (non-hydrogen) atoms. The summed E-state index contributed by atoms with van der Waals surface area (Å²) in [6.45, 7) is 4.49. The van der Waals surface area contributed by atoms with E-state index in [-0.39, 0.29) is 40.5 Å². The molecule has 2 fully saturated rings. The molecule has 0 aliphatic carbocycles. The van der Waals surface area contributed by atoms with Crippen LogP contribution in [0.5, 0.6) is 5.88 Å². The molecule has 6 heterocycles. The number of hydrogen-bond acceptors (Lipinski definition) is 9. The Morgan fingerprint density at radius 3 is 2.57 bits per heavy atom. The van der Waals surface area contributed by atoms with Crippen LogP contribution in [0, 0.1) is 5.92 Å². The average Bonchev–Trinajstić information content (AvgIpc) is 3.91. The second kappa shape index (κ2) is 15.7. The lowest BCUT2D eigenvalue weighted by Crippen LogP contribution is -2.41. The van der Waals surface area contributed by atoms with Crippen molar-refractivity contribution in [2.45, 2.75) is 51.7 Å². The van der Waals surface area contributed by atoms with Gasteiger partial charge in [-0.2, -0.15) is 0 Å². The van der Waals surface area contributed by atoms with Gasteiger partial charge in [-0.1, -0.05) is 41.4 Å². The second-order valence-electron chi connectivity index (χ2n) is 13.8. The Morgan fingerprint density at radius 1 is 1.00 bits per heavy atom. The number of fused-ring (bicyclic) bond motifs is 1. The zero-order valence-electron chi connectivity index (χ0n) is 30.2. The maximum atomic E-state index is 13.7. The maximum Gasteiger partial charge on any atom is 0.291 e. The van der Waals surface area contributed by atoms with E-state index >= 15 is 0 Å². The van der Waals surface area contributed by atoms with Gasteiger partial charge in [-0.3, -0.25) is 24.2 Å². The Morgan fingerprint density at radius 2 is 1.83 bits per heavy atom. The molecule has 3 aliphatic heterocycles. The van der Waals surface area contributed by atoms with Gasteiger partial charge in [0.05, 0.1) is 52.4 Å². The number of methoxy groups -OCH3 is 1. The predicted molar refractivity (Wildman–Crippen MR) is 203 cm³/mol. The first-order valence-corrected chi connectivity index (χ1v) is 18.7. The zero-order valence-corrected chi connectivity index (χ0v) is 31.8. The normalized spacial score (nSPS) is 18.1. The minimum Gasteiger partial charge on any atom is -0.481 e. The molecule has 16 heteroatoms. The number of rotatable bonds is 10. The van der Waals surface area contributed by atoms with Crippen molar-refractivity contribution in [3.8, 4) is 28.4 Å². The molecule has 0 spiro atoms. The van der Waals surface area contributed by atoms with Crippen LogP contribution in [0.2, 0.25) is 10.0 Å². The molecule has 0 radical (unpaired) electrons. The number of nitrogens with zero attached hydrogens (tertiary/aromatic N) is 6. The number of imidazole rings is 1. The van der Waals surface area contributed by atoms with E-state index in [0.29, 0.717) is 103 Å². The first kappa shape index (κ1) is 37.3. The summed E-state index contributed by atoms with van der Waals surface area (Å²) in [4.78, 5) is 67.7. The number of pyridine rings is 2. The van der Waals surface area contributed by atoms with Crippen molar-refractivity contribution in [1.82, 2.24) is 40.0 Å². The molecule has 1 aromatic carbocycles. The lowest BCUT2D eigenvalue weighted by Gasteiger charge is -2.29.